The largest absolute Gasteiger partial charge is 0.394 e. The van der Waals surface area contributed by atoms with Crippen LogP contribution >= 0.6 is 8.46 Å². The Hall–Kier alpha value is -0.0200. The van der Waals surface area contributed by atoms with Crippen molar-refractivity contribution in [2.45, 2.75) is 11.9 Å². The second kappa shape index (κ2) is 3.92. The molecule has 0 aliphatic carbocycles. The van der Waals surface area contributed by atoms with Gasteiger partial charge in [-0.15, -0.1) is 0 Å². The third-order valence-corrected chi connectivity index (χ3v) is 1.20. The summed E-state index contributed by atoms with van der Waals surface area (Å²) in [4.78, 5) is 0. The van der Waals surface area contributed by atoms with E-state index >= 15 is 0 Å². The Bertz CT molecular complexity index is 75.7. The Morgan fingerprint density at radius 1 is 1.50 bits per heavy atom. The molecular weight excluding hydrogens is 131 g/mol. The lowest BCUT2D eigenvalue weighted by molar-refractivity contribution is 0.0260. The number of rotatable bonds is 3. The lowest BCUT2D eigenvalue weighted by Crippen LogP contribution is -2.23. The number of hydrogen-bond acceptors (Lipinski definition) is 4. The van der Waals surface area contributed by atoms with Gasteiger partial charge in [0.2, 0.25) is 0 Å². The van der Waals surface area contributed by atoms with Gasteiger partial charge in [0.15, 0.2) is 14.3 Å². The van der Waals surface area contributed by atoms with Gasteiger partial charge in [-0.3, -0.25) is 4.57 Å². The average Bonchev–Trinajstić information content (AvgIpc) is 1.84. The standard InChI is InChI=1S/C3H7O4P/c4-1-2(5)3(6)8-7/h2-6H,1H2. The van der Waals surface area contributed by atoms with Crippen LogP contribution in [0.1, 0.15) is 0 Å². The summed E-state index contributed by atoms with van der Waals surface area (Å²) in [6.07, 6.45) is -1.30. The number of aliphatic hydroxyl groups is 3. The Morgan fingerprint density at radius 2 is 2.00 bits per heavy atom. The molecule has 4 nitrogen and oxygen atoms in total. The van der Waals surface area contributed by atoms with Gasteiger partial charge in [0, 0.05) is 0 Å². The van der Waals surface area contributed by atoms with Crippen LogP contribution in [0, 0.1) is 0 Å². The van der Waals surface area contributed by atoms with Crippen molar-refractivity contribution in [1.29, 1.82) is 0 Å². The first kappa shape index (κ1) is 7.98. The van der Waals surface area contributed by atoms with E-state index in [1.54, 1.807) is 0 Å². The van der Waals surface area contributed by atoms with Crippen molar-refractivity contribution < 1.29 is 19.9 Å². The zero-order valence-electron chi connectivity index (χ0n) is 4.06. The molecule has 3 N–H and O–H groups in total. The summed E-state index contributed by atoms with van der Waals surface area (Å²) in [6.45, 7) is -0.573. The maximum atomic E-state index is 9.68. The summed E-state index contributed by atoms with van der Waals surface area (Å²) < 4.78 is 9.68. The molecule has 5 heteroatoms. The van der Waals surface area contributed by atoms with E-state index in [9.17, 15) is 4.57 Å². The maximum absolute atomic E-state index is 9.68. The highest BCUT2D eigenvalue weighted by Crippen LogP contribution is 2.05. The summed E-state index contributed by atoms with van der Waals surface area (Å²) in [7, 11) is -0.566. The zero-order valence-corrected chi connectivity index (χ0v) is 4.95. The van der Waals surface area contributed by atoms with Crippen LogP contribution in [0.15, 0.2) is 0 Å². The van der Waals surface area contributed by atoms with E-state index in [2.05, 4.69) is 0 Å². The molecule has 0 spiro atoms. The maximum Gasteiger partial charge on any atom is 0.190 e. The van der Waals surface area contributed by atoms with Gasteiger partial charge in [0.25, 0.3) is 0 Å². The number of hydrogen-bond donors (Lipinski definition) is 3. The highest BCUT2D eigenvalue weighted by Gasteiger charge is 2.13. The predicted octanol–water partition coefficient (Wildman–Crippen LogP) is -1.05. The molecule has 0 aliphatic heterocycles. The quantitative estimate of drug-likeness (QED) is 0.435. The van der Waals surface area contributed by atoms with Gasteiger partial charge < -0.3 is 15.3 Å². The summed E-state index contributed by atoms with van der Waals surface area (Å²) in [6, 6.07) is 0. The third-order valence-electron chi connectivity index (χ3n) is 0.639. The molecule has 0 aromatic rings. The van der Waals surface area contributed by atoms with Crippen LogP contribution in [0.4, 0.5) is 0 Å². The predicted molar refractivity (Wildman–Crippen MR) is 26.7 cm³/mol. The molecule has 8 heavy (non-hydrogen) atoms. The SMILES string of the molecule is O=PC(O)C(O)CO. The van der Waals surface area contributed by atoms with Crippen molar-refractivity contribution in [2.24, 2.45) is 0 Å². The minimum absolute atomic E-state index is 0.566. The van der Waals surface area contributed by atoms with Gasteiger partial charge in [0.05, 0.1) is 6.61 Å². The molecular formula is C3H7O4P. The summed E-state index contributed by atoms with van der Waals surface area (Å²) in [5.41, 5.74) is 0. The Morgan fingerprint density at radius 3 is 2.12 bits per heavy atom. The molecule has 48 valence electrons. The van der Waals surface area contributed by atoms with Crippen LogP contribution in [0.25, 0.3) is 0 Å². The fraction of sp³-hybridized carbons (Fsp3) is 1.00. The molecule has 0 saturated carbocycles. The lowest BCUT2D eigenvalue weighted by atomic mass is 10.4. The minimum Gasteiger partial charge on any atom is -0.394 e. The minimum atomic E-state index is -1.36. The molecule has 0 rings (SSSR count). The Labute approximate surface area is 48.0 Å². The van der Waals surface area contributed by atoms with Crippen molar-refractivity contribution in [2.75, 3.05) is 6.61 Å². The van der Waals surface area contributed by atoms with E-state index in [1.165, 1.54) is 0 Å². The van der Waals surface area contributed by atoms with Crippen molar-refractivity contribution in [1.82, 2.24) is 0 Å². The molecule has 0 heterocycles. The van der Waals surface area contributed by atoms with Crippen LogP contribution in [-0.4, -0.2) is 33.9 Å². The van der Waals surface area contributed by atoms with Gasteiger partial charge in [-0.25, -0.2) is 0 Å². The molecule has 0 aromatic carbocycles. The van der Waals surface area contributed by atoms with Gasteiger partial charge >= 0.3 is 0 Å². The second-order valence-corrected chi connectivity index (χ2v) is 2.01. The van der Waals surface area contributed by atoms with E-state index < -0.39 is 27.0 Å². The smallest absolute Gasteiger partial charge is 0.190 e. The summed E-state index contributed by atoms with van der Waals surface area (Å²) in [5, 5.41) is 24.9. The van der Waals surface area contributed by atoms with E-state index in [4.69, 9.17) is 15.3 Å². The molecule has 0 bridgehead atoms. The molecule has 0 aromatic heterocycles. The van der Waals surface area contributed by atoms with Crippen LogP contribution < -0.4 is 0 Å². The van der Waals surface area contributed by atoms with Crippen molar-refractivity contribution in [3.63, 3.8) is 0 Å². The Balaban J connectivity index is 3.44. The molecule has 2 atom stereocenters. The second-order valence-electron chi connectivity index (χ2n) is 1.27. The molecule has 0 fully saturated rings. The highest BCUT2D eigenvalue weighted by molar-refractivity contribution is 7.24. The first-order valence-electron chi connectivity index (χ1n) is 2.01. The van der Waals surface area contributed by atoms with Gasteiger partial charge in [-0.1, -0.05) is 0 Å². The van der Waals surface area contributed by atoms with Crippen LogP contribution in [0.3, 0.4) is 0 Å². The topological polar surface area (TPSA) is 77.8 Å². The van der Waals surface area contributed by atoms with E-state index in [0.717, 1.165) is 0 Å². The first-order valence-corrected chi connectivity index (χ1v) is 2.90. The third kappa shape index (κ3) is 2.33. The van der Waals surface area contributed by atoms with Crippen LogP contribution in [0.5, 0.6) is 0 Å². The highest BCUT2D eigenvalue weighted by atomic mass is 31.1. The fourth-order valence-corrected chi connectivity index (χ4v) is 0.399. The van der Waals surface area contributed by atoms with E-state index in [-0.39, 0.29) is 0 Å². The summed E-state index contributed by atoms with van der Waals surface area (Å²) >= 11 is 0. The number of aliphatic hydroxyl groups excluding tert-OH is 3. The Kier molecular flexibility index (Phi) is 3.91. The normalized spacial score (nSPS) is 18.4. The fourth-order valence-electron chi connectivity index (χ4n) is 0.165. The van der Waals surface area contributed by atoms with Crippen molar-refractivity contribution in [3.05, 3.63) is 0 Å². The molecule has 0 radical (unpaired) electrons. The average molecular weight is 138 g/mol. The molecule has 0 amide bonds. The lowest BCUT2D eigenvalue weighted by Gasteiger charge is -2.05. The molecule has 0 saturated heterocycles. The first-order chi connectivity index (χ1) is 3.72. The van der Waals surface area contributed by atoms with Crippen LogP contribution in [0.2, 0.25) is 0 Å². The van der Waals surface area contributed by atoms with Gasteiger partial charge in [-0.05, 0) is 0 Å². The van der Waals surface area contributed by atoms with Crippen LogP contribution in [-0.2, 0) is 4.57 Å². The molecule has 0 aliphatic rings. The van der Waals surface area contributed by atoms with Gasteiger partial charge in [0.1, 0.15) is 6.10 Å². The molecule has 2 unspecified atom stereocenters. The van der Waals surface area contributed by atoms with E-state index in [1.807, 2.05) is 0 Å². The van der Waals surface area contributed by atoms with E-state index in [0.29, 0.717) is 0 Å². The van der Waals surface area contributed by atoms with Crippen molar-refractivity contribution in [3.8, 4) is 0 Å². The van der Waals surface area contributed by atoms with Gasteiger partial charge in [-0.2, -0.15) is 0 Å². The zero-order chi connectivity index (χ0) is 6.57. The summed E-state index contributed by atoms with van der Waals surface area (Å²) in [5.74, 6) is -1.36. The van der Waals surface area contributed by atoms with Crippen molar-refractivity contribution >= 4 is 8.46 Å². The monoisotopic (exact) mass is 138 g/mol.